The van der Waals surface area contributed by atoms with Gasteiger partial charge in [-0.3, -0.25) is 0 Å². The smallest absolute Gasteiger partial charge is 0.136 e. The van der Waals surface area contributed by atoms with Gasteiger partial charge < -0.3 is 11.1 Å². The van der Waals surface area contributed by atoms with Gasteiger partial charge in [0.25, 0.3) is 0 Å². The van der Waals surface area contributed by atoms with Gasteiger partial charge in [0.15, 0.2) is 0 Å². The SMILES string of the molecule is CC(C)CCCNc1cc(N)nc(C2CC2)n1. The highest BCUT2D eigenvalue weighted by molar-refractivity contribution is 5.45. The van der Waals surface area contributed by atoms with Crippen molar-refractivity contribution >= 4 is 11.6 Å². The fourth-order valence-corrected chi connectivity index (χ4v) is 1.83. The van der Waals surface area contributed by atoms with Crippen molar-refractivity contribution in [2.24, 2.45) is 5.92 Å². The Labute approximate surface area is 103 Å². The molecular formula is C13H22N4. The van der Waals surface area contributed by atoms with E-state index in [0.717, 1.165) is 24.1 Å². The number of anilines is 2. The van der Waals surface area contributed by atoms with E-state index in [0.29, 0.717) is 11.7 Å². The lowest BCUT2D eigenvalue weighted by Crippen LogP contribution is -2.08. The van der Waals surface area contributed by atoms with Gasteiger partial charge >= 0.3 is 0 Å². The third-order valence-corrected chi connectivity index (χ3v) is 2.97. The fourth-order valence-electron chi connectivity index (χ4n) is 1.83. The van der Waals surface area contributed by atoms with E-state index >= 15 is 0 Å². The van der Waals surface area contributed by atoms with Crippen LogP contribution in [-0.4, -0.2) is 16.5 Å². The van der Waals surface area contributed by atoms with Crippen molar-refractivity contribution in [2.45, 2.75) is 45.4 Å². The van der Waals surface area contributed by atoms with Crippen molar-refractivity contribution < 1.29 is 0 Å². The van der Waals surface area contributed by atoms with Gasteiger partial charge in [-0.2, -0.15) is 0 Å². The van der Waals surface area contributed by atoms with Crippen LogP contribution in [0.25, 0.3) is 0 Å². The molecule has 1 heterocycles. The summed E-state index contributed by atoms with van der Waals surface area (Å²) in [7, 11) is 0. The van der Waals surface area contributed by atoms with E-state index in [1.807, 2.05) is 6.07 Å². The predicted molar refractivity (Wildman–Crippen MR) is 71.0 cm³/mol. The van der Waals surface area contributed by atoms with Crippen molar-refractivity contribution in [3.63, 3.8) is 0 Å². The van der Waals surface area contributed by atoms with Gasteiger partial charge in [0.1, 0.15) is 17.5 Å². The molecule has 0 unspecified atom stereocenters. The van der Waals surface area contributed by atoms with Crippen molar-refractivity contribution in [3.8, 4) is 0 Å². The van der Waals surface area contributed by atoms with Gasteiger partial charge in [0.2, 0.25) is 0 Å². The minimum atomic E-state index is 0.551. The average molecular weight is 234 g/mol. The molecule has 3 N–H and O–H groups in total. The topological polar surface area (TPSA) is 63.8 Å². The van der Waals surface area contributed by atoms with Crippen LogP contribution in [0.4, 0.5) is 11.6 Å². The Hall–Kier alpha value is -1.32. The maximum atomic E-state index is 5.79. The minimum absolute atomic E-state index is 0.551. The second kappa shape index (κ2) is 5.34. The largest absolute Gasteiger partial charge is 0.384 e. The van der Waals surface area contributed by atoms with Crippen LogP contribution in [0, 0.1) is 5.92 Å². The molecule has 1 saturated carbocycles. The van der Waals surface area contributed by atoms with Crippen LogP contribution >= 0.6 is 0 Å². The Bertz CT molecular complexity index is 372. The predicted octanol–water partition coefficient (Wildman–Crippen LogP) is 2.78. The lowest BCUT2D eigenvalue weighted by Gasteiger charge is -2.09. The molecule has 0 radical (unpaired) electrons. The van der Waals surface area contributed by atoms with Gasteiger partial charge in [-0.1, -0.05) is 13.8 Å². The standard InChI is InChI=1S/C13H22N4/c1-9(2)4-3-7-15-12-8-11(14)16-13(17-12)10-5-6-10/h8-10H,3-7H2,1-2H3,(H3,14,15,16,17). The first-order chi connectivity index (χ1) is 8.15. The van der Waals surface area contributed by atoms with E-state index in [-0.39, 0.29) is 0 Å². The van der Waals surface area contributed by atoms with E-state index in [9.17, 15) is 0 Å². The maximum Gasteiger partial charge on any atom is 0.136 e. The molecule has 0 atom stereocenters. The van der Waals surface area contributed by atoms with E-state index in [1.165, 1.54) is 25.7 Å². The first kappa shape index (κ1) is 12.1. The van der Waals surface area contributed by atoms with Gasteiger partial charge in [0.05, 0.1) is 0 Å². The van der Waals surface area contributed by atoms with Crippen molar-refractivity contribution in [3.05, 3.63) is 11.9 Å². The van der Waals surface area contributed by atoms with Crippen LogP contribution in [0.2, 0.25) is 0 Å². The average Bonchev–Trinajstić information content (AvgIpc) is 3.07. The monoisotopic (exact) mass is 234 g/mol. The van der Waals surface area contributed by atoms with Gasteiger partial charge in [-0.15, -0.1) is 0 Å². The Balaban J connectivity index is 1.87. The molecule has 1 aliphatic rings. The molecule has 1 aromatic heterocycles. The van der Waals surface area contributed by atoms with Crippen LogP contribution in [-0.2, 0) is 0 Å². The number of aromatic nitrogens is 2. The van der Waals surface area contributed by atoms with Gasteiger partial charge in [-0.05, 0) is 31.6 Å². The molecule has 4 nitrogen and oxygen atoms in total. The molecule has 1 aromatic rings. The minimum Gasteiger partial charge on any atom is -0.384 e. The number of nitrogens with two attached hydrogens (primary N) is 1. The van der Waals surface area contributed by atoms with E-state index < -0.39 is 0 Å². The molecule has 0 spiro atoms. The number of nitrogen functional groups attached to an aromatic ring is 1. The summed E-state index contributed by atoms with van der Waals surface area (Å²) in [5.41, 5.74) is 5.79. The second-order valence-corrected chi connectivity index (χ2v) is 5.27. The highest BCUT2D eigenvalue weighted by atomic mass is 15.1. The molecule has 0 amide bonds. The summed E-state index contributed by atoms with van der Waals surface area (Å²) < 4.78 is 0. The van der Waals surface area contributed by atoms with Crippen LogP contribution in [0.15, 0.2) is 6.07 Å². The zero-order valence-corrected chi connectivity index (χ0v) is 10.7. The zero-order chi connectivity index (χ0) is 12.3. The zero-order valence-electron chi connectivity index (χ0n) is 10.7. The molecule has 17 heavy (non-hydrogen) atoms. The molecule has 0 aromatic carbocycles. The lowest BCUT2D eigenvalue weighted by atomic mass is 10.1. The summed E-state index contributed by atoms with van der Waals surface area (Å²) in [6.45, 7) is 5.44. The van der Waals surface area contributed by atoms with Crippen LogP contribution in [0.5, 0.6) is 0 Å². The maximum absolute atomic E-state index is 5.79. The van der Waals surface area contributed by atoms with E-state index in [1.54, 1.807) is 0 Å². The molecule has 1 fully saturated rings. The summed E-state index contributed by atoms with van der Waals surface area (Å²) in [4.78, 5) is 8.79. The fraction of sp³-hybridized carbons (Fsp3) is 0.692. The number of rotatable bonds is 6. The lowest BCUT2D eigenvalue weighted by molar-refractivity contribution is 0.566. The second-order valence-electron chi connectivity index (χ2n) is 5.27. The normalized spacial score (nSPS) is 15.2. The summed E-state index contributed by atoms with van der Waals surface area (Å²) in [6.07, 6.45) is 4.82. The molecule has 0 saturated heterocycles. The van der Waals surface area contributed by atoms with Crippen molar-refractivity contribution in [2.75, 3.05) is 17.6 Å². The van der Waals surface area contributed by atoms with Crippen LogP contribution in [0.3, 0.4) is 0 Å². The number of hydrogen-bond donors (Lipinski definition) is 2. The summed E-state index contributed by atoms with van der Waals surface area (Å²) in [5.74, 6) is 3.68. The highest BCUT2D eigenvalue weighted by Gasteiger charge is 2.27. The summed E-state index contributed by atoms with van der Waals surface area (Å²) >= 11 is 0. The van der Waals surface area contributed by atoms with Gasteiger partial charge in [-0.25, -0.2) is 9.97 Å². The Morgan fingerprint density at radius 3 is 2.82 bits per heavy atom. The molecule has 1 aliphatic carbocycles. The molecule has 0 bridgehead atoms. The molecule has 2 rings (SSSR count). The third kappa shape index (κ3) is 3.88. The van der Waals surface area contributed by atoms with Gasteiger partial charge in [0, 0.05) is 18.5 Å². The number of nitrogens with one attached hydrogen (secondary N) is 1. The van der Waals surface area contributed by atoms with E-state index in [2.05, 4.69) is 29.1 Å². The molecule has 4 heteroatoms. The summed E-state index contributed by atoms with van der Waals surface area (Å²) in [5, 5.41) is 3.33. The molecule has 0 aliphatic heterocycles. The number of hydrogen-bond acceptors (Lipinski definition) is 4. The van der Waals surface area contributed by atoms with Crippen molar-refractivity contribution in [1.82, 2.24) is 9.97 Å². The number of nitrogens with zero attached hydrogens (tertiary/aromatic N) is 2. The third-order valence-electron chi connectivity index (χ3n) is 2.97. The van der Waals surface area contributed by atoms with Crippen molar-refractivity contribution in [1.29, 1.82) is 0 Å². The van der Waals surface area contributed by atoms with Crippen LogP contribution in [0.1, 0.15) is 51.3 Å². The Kier molecular flexibility index (Phi) is 3.82. The Morgan fingerprint density at radius 2 is 2.18 bits per heavy atom. The quantitative estimate of drug-likeness (QED) is 0.743. The first-order valence-electron chi connectivity index (χ1n) is 6.53. The first-order valence-corrected chi connectivity index (χ1v) is 6.53. The Morgan fingerprint density at radius 1 is 1.41 bits per heavy atom. The highest BCUT2D eigenvalue weighted by Crippen LogP contribution is 2.38. The van der Waals surface area contributed by atoms with Crippen LogP contribution < -0.4 is 11.1 Å². The van der Waals surface area contributed by atoms with E-state index in [4.69, 9.17) is 5.73 Å². The molecule has 94 valence electrons. The molecular weight excluding hydrogens is 212 g/mol. The summed E-state index contributed by atoms with van der Waals surface area (Å²) in [6, 6.07) is 1.82.